The van der Waals surface area contributed by atoms with Gasteiger partial charge in [0.25, 0.3) is 5.91 Å². The summed E-state index contributed by atoms with van der Waals surface area (Å²) in [7, 11) is 1.68. The second-order valence-electron chi connectivity index (χ2n) is 7.56. The van der Waals surface area contributed by atoms with Crippen molar-refractivity contribution in [2.24, 2.45) is 10.9 Å². The van der Waals surface area contributed by atoms with Crippen molar-refractivity contribution >= 4 is 23.7 Å². The van der Waals surface area contributed by atoms with Gasteiger partial charge >= 0.3 is 12.0 Å². The standard InChI is InChI=1S/C19H24N5O3/c1-11(2)9-23-17(25)15-16(21(5)19(23)26)20-18-22(10-14-7-6-8-27-14)12(3)13(4)24(15)18/h6-8,11,15H,9-10H2,1-5H3/q+1. The van der Waals surface area contributed by atoms with Crippen LogP contribution in [-0.4, -0.2) is 45.7 Å². The maximum atomic E-state index is 13.2. The van der Waals surface area contributed by atoms with Gasteiger partial charge in [-0.3, -0.25) is 14.6 Å². The lowest BCUT2D eigenvalue weighted by molar-refractivity contribution is -0.682. The summed E-state index contributed by atoms with van der Waals surface area (Å²) in [5.74, 6) is 1.94. The molecule has 1 fully saturated rings. The number of carbonyl (C=O) groups excluding carboxylic acids is 2. The highest BCUT2D eigenvalue weighted by Gasteiger charge is 2.54. The molecule has 2 aromatic rings. The Hall–Kier alpha value is -2.90. The van der Waals surface area contributed by atoms with E-state index < -0.39 is 6.04 Å². The van der Waals surface area contributed by atoms with Crippen molar-refractivity contribution in [3.05, 3.63) is 35.5 Å². The molecule has 142 valence electrons. The molecule has 1 atom stereocenters. The summed E-state index contributed by atoms with van der Waals surface area (Å²) in [4.78, 5) is 33.4. The molecule has 0 spiro atoms. The molecule has 0 aliphatic carbocycles. The van der Waals surface area contributed by atoms with Crippen molar-refractivity contribution in [3.8, 4) is 0 Å². The third kappa shape index (κ3) is 2.50. The lowest BCUT2D eigenvalue weighted by Crippen LogP contribution is -2.58. The maximum Gasteiger partial charge on any atom is 0.402 e. The van der Waals surface area contributed by atoms with Crippen LogP contribution in [0.5, 0.6) is 0 Å². The Morgan fingerprint density at radius 1 is 1.30 bits per heavy atom. The summed E-state index contributed by atoms with van der Waals surface area (Å²) < 4.78 is 9.44. The number of amidine groups is 1. The first-order valence-electron chi connectivity index (χ1n) is 9.12. The summed E-state index contributed by atoms with van der Waals surface area (Å²) in [5, 5.41) is 0. The molecular formula is C19H24N5O3+. The first-order valence-corrected chi connectivity index (χ1v) is 9.12. The van der Waals surface area contributed by atoms with Crippen LogP contribution < -0.4 is 4.57 Å². The van der Waals surface area contributed by atoms with Gasteiger partial charge in [-0.25, -0.2) is 13.9 Å². The SMILES string of the molecule is Cc1c(C)[n+](Cc2ccco2)c2n1C1C(=O)N(CC(C)C)C(=O)N(C)C1=N2. The summed E-state index contributed by atoms with van der Waals surface area (Å²) in [5.41, 5.74) is 1.98. The van der Waals surface area contributed by atoms with E-state index in [-0.39, 0.29) is 17.9 Å². The van der Waals surface area contributed by atoms with Crippen molar-refractivity contribution < 1.29 is 18.6 Å². The lowest BCUT2D eigenvalue weighted by Gasteiger charge is -2.34. The highest BCUT2D eigenvalue weighted by Crippen LogP contribution is 2.35. The molecule has 2 aliphatic heterocycles. The molecule has 1 saturated heterocycles. The van der Waals surface area contributed by atoms with E-state index in [9.17, 15) is 9.59 Å². The van der Waals surface area contributed by atoms with E-state index in [1.54, 1.807) is 13.3 Å². The van der Waals surface area contributed by atoms with Crippen LogP contribution in [-0.2, 0) is 11.3 Å². The second-order valence-corrected chi connectivity index (χ2v) is 7.56. The first-order chi connectivity index (χ1) is 12.8. The number of furan rings is 1. The van der Waals surface area contributed by atoms with E-state index in [0.29, 0.717) is 24.9 Å². The molecule has 8 nitrogen and oxygen atoms in total. The topological polar surface area (TPSA) is 74.9 Å². The van der Waals surface area contributed by atoms with Crippen LogP contribution in [0.15, 0.2) is 27.8 Å². The van der Waals surface area contributed by atoms with Gasteiger partial charge in [-0.1, -0.05) is 18.8 Å². The molecule has 0 bridgehead atoms. The van der Waals surface area contributed by atoms with Crippen LogP contribution >= 0.6 is 0 Å². The van der Waals surface area contributed by atoms with Crippen LogP contribution in [0.2, 0.25) is 0 Å². The zero-order valence-corrected chi connectivity index (χ0v) is 16.3. The Kier molecular flexibility index (Phi) is 3.94. The number of aromatic nitrogens is 2. The Morgan fingerprint density at radius 2 is 2.04 bits per heavy atom. The number of aliphatic imine (C=N–C) groups is 1. The van der Waals surface area contributed by atoms with E-state index in [1.165, 1.54) is 9.80 Å². The second kappa shape index (κ2) is 6.07. The molecule has 2 aliphatic rings. The minimum atomic E-state index is -0.599. The van der Waals surface area contributed by atoms with Crippen molar-refractivity contribution in [2.75, 3.05) is 13.6 Å². The van der Waals surface area contributed by atoms with E-state index >= 15 is 0 Å². The van der Waals surface area contributed by atoms with Gasteiger partial charge in [0.2, 0.25) is 11.9 Å². The van der Waals surface area contributed by atoms with Crippen molar-refractivity contribution in [2.45, 2.75) is 40.3 Å². The van der Waals surface area contributed by atoms with E-state index in [2.05, 4.69) is 4.99 Å². The predicted octanol–water partition coefficient (Wildman–Crippen LogP) is 2.17. The Labute approximate surface area is 157 Å². The van der Waals surface area contributed by atoms with Crippen molar-refractivity contribution in [3.63, 3.8) is 0 Å². The zero-order valence-electron chi connectivity index (χ0n) is 16.3. The van der Waals surface area contributed by atoms with Crippen LogP contribution in [0.3, 0.4) is 0 Å². The number of carbonyl (C=O) groups is 2. The van der Waals surface area contributed by atoms with Crippen LogP contribution in [0, 0.1) is 19.8 Å². The zero-order chi connectivity index (χ0) is 19.5. The van der Waals surface area contributed by atoms with Crippen molar-refractivity contribution in [1.29, 1.82) is 0 Å². The third-order valence-electron chi connectivity index (χ3n) is 5.27. The van der Waals surface area contributed by atoms with Crippen LogP contribution in [0.4, 0.5) is 10.7 Å². The highest BCUT2D eigenvalue weighted by atomic mass is 16.3. The van der Waals surface area contributed by atoms with Gasteiger partial charge in [-0.2, -0.15) is 0 Å². The monoisotopic (exact) mass is 370 g/mol. The van der Waals surface area contributed by atoms with E-state index in [1.807, 2.05) is 49.0 Å². The summed E-state index contributed by atoms with van der Waals surface area (Å²) >= 11 is 0. The Bertz CT molecular complexity index is 955. The average Bonchev–Trinajstić information content (AvgIpc) is 3.31. The number of amides is 3. The number of hydrogen-bond donors (Lipinski definition) is 0. The minimum absolute atomic E-state index is 0.196. The molecular weight excluding hydrogens is 346 g/mol. The number of rotatable bonds is 4. The van der Waals surface area contributed by atoms with Crippen LogP contribution in [0.1, 0.15) is 37.0 Å². The molecule has 4 heterocycles. The quantitative estimate of drug-likeness (QED) is 0.774. The molecule has 0 saturated carbocycles. The minimum Gasteiger partial charge on any atom is -0.466 e. The molecule has 27 heavy (non-hydrogen) atoms. The molecule has 4 rings (SSSR count). The fraction of sp³-hybridized carbons (Fsp3) is 0.474. The van der Waals surface area contributed by atoms with Gasteiger partial charge < -0.3 is 4.42 Å². The number of imide groups is 1. The Balaban J connectivity index is 1.81. The number of fused-ring (bicyclic) bond motifs is 3. The van der Waals surface area contributed by atoms with E-state index in [0.717, 1.165) is 17.1 Å². The molecule has 0 radical (unpaired) electrons. The number of nitrogens with zero attached hydrogens (tertiary/aromatic N) is 5. The van der Waals surface area contributed by atoms with E-state index in [4.69, 9.17) is 4.42 Å². The van der Waals surface area contributed by atoms with Gasteiger partial charge in [0, 0.05) is 13.6 Å². The van der Waals surface area contributed by atoms with Gasteiger partial charge in [0.05, 0.1) is 6.26 Å². The van der Waals surface area contributed by atoms with Crippen LogP contribution in [0.25, 0.3) is 0 Å². The smallest absolute Gasteiger partial charge is 0.402 e. The summed E-state index contributed by atoms with van der Waals surface area (Å²) in [6.45, 7) is 8.89. The Morgan fingerprint density at radius 3 is 2.67 bits per heavy atom. The normalized spacial score (nSPS) is 19.0. The molecule has 8 heteroatoms. The van der Waals surface area contributed by atoms with Gasteiger partial charge in [0.15, 0.2) is 0 Å². The fourth-order valence-electron chi connectivity index (χ4n) is 3.78. The molecule has 0 N–H and O–H groups in total. The number of likely N-dealkylation sites (N-methyl/N-ethyl adjacent to an activating group) is 1. The molecule has 3 amide bonds. The van der Waals surface area contributed by atoms with Gasteiger partial charge in [0.1, 0.15) is 23.7 Å². The largest absolute Gasteiger partial charge is 0.466 e. The van der Waals surface area contributed by atoms with Gasteiger partial charge in [-0.05, 0) is 31.9 Å². The molecule has 1 unspecified atom stereocenters. The summed E-state index contributed by atoms with van der Waals surface area (Å²) in [6, 6.07) is 2.84. The third-order valence-corrected chi connectivity index (χ3v) is 5.27. The number of imidazole rings is 1. The van der Waals surface area contributed by atoms with Crippen molar-refractivity contribution in [1.82, 2.24) is 14.4 Å². The highest BCUT2D eigenvalue weighted by molar-refractivity contribution is 6.20. The molecule has 2 aromatic heterocycles. The first kappa shape index (κ1) is 17.5. The predicted molar refractivity (Wildman–Crippen MR) is 97.8 cm³/mol. The van der Waals surface area contributed by atoms with Gasteiger partial charge in [-0.15, -0.1) is 0 Å². The average molecular weight is 370 g/mol. The fourth-order valence-corrected chi connectivity index (χ4v) is 3.78. The number of hydrogen-bond acceptors (Lipinski definition) is 4. The number of urea groups is 1. The lowest BCUT2D eigenvalue weighted by atomic mass is 10.1. The maximum absolute atomic E-state index is 13.2. The summed E-state index contributed by atoms with van der Waals surface area (Å²) in [6.07, 6.45) is 1.64. The molecule has 0 aromatic carbocycles.